The average Bonchev–Trinajstić information content (AvgIpc) is 2.60. The van der Waals surface area contributed by atoms with E-state index in [1.54, 1.807) is 17.8 Å². The highest BCUT2D eigenvalue weighted by Gasteiger charge is 2.00. The van der Waals surface area contributed by atoms with Crippen LogP contribution in [0.4, 0.5) is 0 Å². The van der Waals surface area contributed by atoms with Crippen LogP contribution in [0.5, 0.6) is 0 Å². The van der Waals surface area contributed by atoms with Crippen molar-refractivity contribution in [3.63, 3.8) is 0 Å². The van der Waals surface area contributed by atoms with Gasteiger partial charge in [-0.3, -0.25) is 4.79 Å². The molecule has 0 bridgehead atoms. The lowest BCUT2D eigenvalue weighted by Gasteiger charge is -1.95. The molecular weight excluding hydrogens is 184 g/mol. The van der Waals surface area contributed by atoms with Crippen LogP contribution < -0.4 is 0 Å². The molecule has 0 aromatic carbocycles. The molecule has 0 unspecified atom stereocenters. The minimum absolute atomic E-state index is 0.415. The van der Waals surface area contributed by atoms with E-state index in [-0.39, 0.29) is 0 Å². The van der Waals surface area contributed by atoms with Crippen LogP contribution >= 0.6 is 11.8 Å². The number of unbranched alkanes of at least 4 members (excludes halogenated alkanes) is 2. The number of furan rings is 1. The minimum Gasteiger partial charge on any atom is -0.447 e. The third kappa shape index (κ3) is 3.68. The van der Waals surface area contributed by atoms with Crippen LogP contribution in [0.1, 0.15) is 36.7 Å². The van der Waals surface area contributed by atoms with Gasteiger partial charge < -0.3 is 4.42 Å². The van der Waals surface area contributed by atoms with Crippen molar-refractivity contribution in [3.05, 3.63) is 17.9 Å². The van der Waals surface area contributed by atoms with Gasteiger partial charge in [0.25, 0.3) is 0 Å². The SMILES string of the molecule is CCCCCSc1ccc(C=O)o1. The van der Waals surface area contributed by atoms with E-state index in [0.29, 0.717) is 5.76 Å². The van der Waals surface area contributed by atoms with Crippen LogP contribution in [0.25, 0.3) is 0 Å². The molecule has 0 radical (unpaired) electrons. The van der Waals surface area contributed by atoms with E-state index >= 15 is 0 Å². The van der Waals surface area contributed by atoms with Gasteiger partial charge in [-0.25, -0.2) is 0 Å². The van der Waals surface area contributed by atoms with Crippen LogP contribution in [-0.4, -0.2) is 12.0 Å². The molecule has 0 N–H and O–H groups in total. The fourth-order valence-electron chi connectivity index (χ4n) is 1.00. The molecule has 0 saturated carbocycles. The van der Waals surface area contributed by atoms with Crippen molar-refractivity contribution in [2.45, 2.75) is 31.3 Å². The Balaban J connectivity index is 2.24. The summed E-state index contributed by atoms with van der Waals surface area (Å²) in [5.41, 5.74) is 0. The summed E-state index contributed by atoms with van der Waals surface area (Å²) < 4.78 is 5.21. The van der Waals surface area contributed by atoms with Crippen molar-refractivity contribution >= 4 is 18.0 Å². The maximum absolute atomic E-state index is 10.3. The average molecular weight is 198 g/mol. The molecule has 2 nitrogen and oxygen atoms in total. The number of hydrogen-bond acceptors (Lipinski definition) is 3. The van der Waals surface area contributed by atoms with Gasteiger partial charge in [0, 0.05) is 5.75 Å². The van der Waals surface area contributed by atoms with Crippen LogP contribution in [0.2, 0.25) is 0 Å². The van der Waals surface area contributed by atoms with Gasteiger partial charge >= 0.3 is 0 Å². The normalized spacial score (nSPS) is 10.2. The van der Waals surface area contributed by atoms with E-state index < -0.39 is 0 Å². The first-order valence-electron chi connectivity index (χ1n) is 4.54. The molecule has 0 aliphatic heterocycles. The number of carbonyl (C=O) groups excluding carboxylic acids is 1. The van der Waals surface area contributed by atoms with E-state index in [9.17, 15) is 4.79 Å². The molecule has 1 aromatic rings. The number of hydrogen-bond donors (Lipinski definition) is 0. The van der Waals surface area contributed by atoms with Crippen molar-refractivity contribution in [2.75, 3.05) is 5.75 Å². The van der Waals surface area contributed by atoms with Crippen LogP contribution in [0.3, 0.4) is 0 Å². The zero-order valence-electron chi connectivity index (χ0n) is 7.79. The highest BCUT2D eigenvalue weighted by atomic mass is 32.2. The Morgan fingerprint density at radius 2 is 2.31 bits per heavy atom. The summed E-state index contributed by atoms with van der Waals surface area (Å²) in [5.74, 6) is 1.48. The Bertz CT molecular complexity index is 255. The number of aldehydes is 1. The number of thioether (sulfide) groups is 1. The Morgan fingerprint density at radius 3 is 2.92 bits per heavy atom. The van der Waals surface area contributed by atoms with Crippen molar-refractivity contribution in [1.29, 1.82) is 0 Å². The molecule has 0 saturated heterocycles. The standard InChI is InChI=1S/C10H14O2S/c1-2-3-4-7-13-10-6-5-9(8-11)12-10/h5-6,8H,2-4,7H2,1H3. The first-order chi connectivity index (χ1) is 6.36. The first kappa shape index (κ1) is 10.4. The van der Waals surface area contributed by atoms with Gasteiger partial charge in [-0.15, -0.1) is 0 Å². The van der Waals surface area contributed by atoms with E-state index in [1.807, 2.05) is 6.07 Å². The highest BCUT2D eigenvalue weighted by molar-refractivity contribution is 7.99. The highest BCUT2D eigenvalue weighted by Crippen LogP contribution is 2.21. The van der Waals surface area contributed by atoms with Gasteiger partial charge in [0.1, 0.15) is 0 Å². The summed E-state index contributed by atoms with van der Waals surface area (Å²) in [6.45, 7) is 2.18. The van der Waals surface area contributed by atoms with Crippen molar-refractivity contribution < 1.29 is 9.21 Å². The molecule has 1 heterocycles. The third-order valence-electron chi connectivity index (χ3n) is 1.71. The van der Waals surface area contributed by atoms with Gasteiger partial charge in [0.15, 0.2) is 17.1 Å². The van der Waals surface area contributed by atoms with Crippen LogP contribution in [-0.2, 0) is 0 Å². The summed E-state index contributed by atoms with van der Waals surface area (Å²) in [6, 6.07) is 3.55. The zero-order chi connectivity index (χ0) is 9.52. The first-order valence-corrected chi connectivity index (χ1v) is 5.53. The van der Waals surface area contributed by atoms with Crippen LogP contribution in [0, 0.1) is 0 Å². The summed E-state index contributed by atoms with van der Waals surface area (Å²) in [4.78, 5) is 10.3. The van der Waals surface area contributed by atoms with E-state index in [4.69, 9.17) is 4.42 Å². The molecule has 3 heteroatoms. The van der Waals surface area contributed by atoms with Crippen molar-refractivity contribution in [1.82, 2.24) is 0 Å². The fourth-order valence-corrected chi connectivity index (χ4v) is 1.87. The number of carbonyl (C=O) groups is 1. The largest absolute Gasteiger partial charge is 0.447 e. The fraction of sp³-hybridized carbons (Fsp3) is 0.500. The Kier molecular flexibility index (Phi) is 4.68. The predicted octanol–water partition coefficient (Wildman–Crippen LogP) is 3.37. The lowest BCUT2D eigenvalue weighted by atomic mass is 10.3. The third-order valence-corrected chi connectivity index (χ3v) is 2.71. The number of rotatable bonds is 6. The molecule has 72 valence electrons. The Labute approximate surface area is 82.7 Å². The lowest BCUT2D eigenvalue weighted by Crippen LogP contribution is -1.77. The van der Waals surface area contributed by atoms with E-state index in [2.05, 4.69) is 6.92 Å². The maximum Gasteiger partial charge on any atom is 0.185 e. The molecule has 0 spiro atoms. The quantitative estimate of drug-likeness (QED) is 0.399. The molecule has 1 rings (SSSR count). The van der Waals surface area contributed by atoms with E-state index in [1.165, 1.54) is 19.3 Å². The van der Waals surface area contributed by atoms with Crippen molar-refractivity contribution in [2.24, 2.45) is 0 Å². The summed E-state index contributed by atoms with van der Waals surface area (Å²) in [7, 11) is 0. The van der Waals surface area contributed by atoms with Gasteiger partial charge in [-0.1, -0.05) is 31.5 Å². The Hall–Kier alpha value is -0.700. The summed E-state index contributed by atoms with van der Waals surface area (Å²) in [5, 5.41) is 0.846. The molecular formula is C10H14O2S. The molecule has 0 fully saturated rings. The molecule has 13 heavy (non-hydrogen) atoms. The van der Waals surface area contributed by atoms with Gasteiger partial charge in [0.05, 0.1) is 0 Å². The molecule has 0 atom stereocenters. The van der Waals surface area contributed by atoms with Crippen LogP contribution in [0.15, 0.2) is 21.6 Å². The summed E-state index contributed by atoms with van der Waals surface area (Å²) in [6.07, 6.45) is 4.43. The van der Waals surface area contributed by atoms with E-state index in [0.717, 1.165) is 17.1 Å². The van der Waals surface area contributed by atoms with Gasteiger partial charge in [-0.2, -0.15) is 0 Å². The zero-order valence-corrected chi connectivity index (χ0v) is 8.60. The minimum atomic E-state index is 0.415. The monoisotopic (exact) mass is 198 g/mol. The lowest BCUT2D eigenvalue weighted by molar-refractivity contribution is 0.109. The molecule has 0 aliphatic rings. The second kappa shape index (κ2) is 5.86. The van der Waals surface area contributed by atoms with Gasteiger partial charge in [-0.05, 0) is 18.6 Å². The molecule has 1 aromatic heterocycles. The van der Waals surface area contributed by atoms with Crippen molar-refractivity contribution in [3.8, 4) is 0 Å². The van der Waals surface area contributed by atoms with Gasteiger partial charge in [0.2, 0.25) is 0 Å². The maximum atomic E-state index is 10.3. The second-order valence-electron chi connectivity index (χ2n) is 2.83. The topological polar surface area (TPSA) is 30.2 Å². The predicted molar refractivity (Wildman–Crippen MR) is 54.3 cm³/mol. The summed E-state index contributed by atoms with van der Waals surface area (Å²) >= 11 is 1.67. The molecule has 0 aliphatic carbocycles. The molecule has 0 amide bonds. The Morgan fingerprint density at radius 1 is 1.46 bits per heavy atom. The second-order valence-corrected chi connectivity index (χ2v) is 3.93. The smallest absolute Gasteiger partial charge is 0.185 e.